The van der Waals surface area contributed by atoms with Crippen molar-refractivity contribution >= 4 is 11.6 Å². The van der Waals surface area contributed by atoms with Crippen LogP contribution in [0.4, 0.5) is 4.39 Å². The molecular weight excluding hydrogens is 153 g/mol. The highest BCUT2D eigenvalue weighted by molar-refractivity contribution is 6.20. The Morgan fingerprint density at radius 2 is 2.10 bits per heavy atom. The lowest BCUT2D eigenvalue weighted by Gasteiger charge is -2.14. The summed E-state index contributed by atoms with van der Waals surface area (Å²) >= 11 is 5.70. The summed E-state index contributed by atoms with van der Waals surface area (Å²) in [5.41, 5.74) is 0. The molecule has 0 rings (SSSR count). The van der Waals surface area contributed by atoms with Crippen LogP contribution in [0.2, 0.25) is 0 Å². The molecule has 0 spiro atoms. The van der Waals surface area contributed by atoms with Gasteiger partial charge in [-0.1, -0.05) is 0 Å². The highest BCUT2D eigenvalue weighted by Gasteiger charge is 1.99. The third kappa shape index (κ3) is 6.30. The Kier molecular flexibility index (Phi) is 6.03. The molecule has 1 atom stereocenters. The van der Waals surface area contributed by atoms with Gasteiger partial charge in [0.25, 0.3) is 0 Å². The quantitative estimate of drug-likeness (QED) is 0.566. The van der Waals surface area contributed by atoms with E-state index in [9.17, 15) is 4.39 Å². The lowest BCUT2D eigenvalue weighted by molar-refractivity contribution is 0.292. The van der Waals surface area contributed by atoms with Gasteiger partial charge in [0, 0.05) is 11.9 Å². The molecule has 3 heteroatoms. The Labute approximate surface area is 67.2 Å². The topological polar surface area (TPSA) is 3.24 Å². The normalized spacial score (nSPS) is 14.1. The number of alkyl halides is 2. The Morgan fingerprint density at radius 1 is 1.50 bits per heavy atom. The largest absolute Gasteiger partial charge is 0.304 e. The molecule has 0 aromatic rings. The molecule has 0 saturated carbocycles. The molecule has 0 amide bonds. The summed E-state index contributed by atoms with van der Waals surface area (Å²) in [5.74, 6) is 0. The molecular formula is C7H15ClFN. The van der Waals surface area contributed by atoms with Crippen LogP contribution < -0.4 is 0 Å². The van der Waals surface area contributed by atoms with E-state index in [1.165, 1.54) is 0 Å². The van der Waals surface area contributed by atoms with Crippen LogP contribution in [0.1, 0.15) is 13.3 Å². The Bertz CT molecular complexity index is 78.0. The molecule has 0 bridgehead atoms. The summed E-state index contributed by atoms with van der Waals surface area (Å²) in [6.45, 7) is 3.08. The van der Waals surface area contributed by atoms with Crippen molar-refractivity contribution in [3.63, 3.8) is 0 Å². The molecule has 1 nitrogen and oxygen atoms in total. The standard InChI is InChI=1S/C7H15ClFN/c1-7(8)3-5-10(2)6-4-9/h7H,3-6H2,1-2H3. The van der Waals surface area contributed by atoms with Crippen molar-refractivity contribution in [3.05, 3.63) is 0 Å². The molecule has 0 aliphatic carbocycles. The summed E-state index contributed by atoms with van der Waals surface area (Å²) in [7, 11) is 1.90. The first-order chi connectivity index (χ1) is 4.66. The van der Waals surface area contributed by atoms with Gasteiger partial charge >= 0.3 is 0 Å². The van der Waals surface area contributed by atoms with Crippen LogP contribution in [0.5, 0.6) is 0 Å². The number of hydrogen-bond donors (Lipinski definition) is 0. The smallest absolute Gasteiger partial charge is 0.102 e. The van der Waals surface area contributed by atoms with Crippen molar-refractivity contribution in [3.8, 4) is 0 Å². The maximum Gasteiger partial charge on any atom is 0.102 e. The van der Waals surface area contributed by atoms with Gasteiger partial charge in [-0.25, -0.2) is 4.39 Å². The Morgan fingerprint density at radius 3 is 2.50 bits per heavy atom. The summed E-state index contributed by atoms with van der Waals surface area (Å²) < 4.78 is 11.7. The van der Waals surface area contributed by atoms with Gasteiger partial charge in [0.05, 0.1) is 0 Å². The average Bonchev–Trinajstić information content (AvgIpc) is 1.85. The van der Waals surface area contributed by atoms with Crippen LogP contribution in [0.25, 0.3) is 0 Å². The minimum Gasteiger partial charge on any atom is -0.304 e. The van der Waals surface area contributed by atoms with E-state index in [-0.39, 0.29) is 12.1 Å². The molecule has 10 heavy (non-hydrogen) atoms. The number of hydrogen-bond acceptors (Lipinski definition) is 1. The SMILES string of the molecule is CC(Cl)CCN(C)CCF. The first-order valence-electron chi connectivity index (χ1n) is 3.55. The van der Waals surface area contributed by atoms with Crippen LogP contribution in [0, 0.1) is 0 Å². The van der Waals surface area contributed by atoms with Crippen LogP contribution in [0.3, 0.4) is 0 Å². The molecule has 0 heterocycles. The van der Waals surface area contributed by atoms with Gasteiger partial charge in [0.2, 0.25) is 0 Å². The highest BCUT2D eigenvalue weighted by atomic mass is 35.5. The van der Waals surface area contributed by atoms with E-state index in [1.54, 1.807) is 0 Å². The number of rotatable bonds is 5. The maximum absolute atomic E-state index is 11.7. The molecule has 0 N–H and O–H groups in total. The van der Waals surface area contributed by atoms with Crippen LogP contribution in [-0.4, -0.2) is 37.1 Å². The van der Waals surface area contributed by atoms with E-state index in [0.29, 0.717) is 6.54 Å². The van der Waals surface area contributed by atoms with Crippen molar-refractivity contribution in [2.75, 3.05) is 26.8 Å². The van der Waals surface area contributed by atoms with Gasteiger partial charge in [-0.15, -0.1) is 11.6 Å². The monoisotopic (exact) mass is 167 g/mol. The Balaban J connectivity index is 3.12. The molecule has 0 saturated heterocycles. The summed E-state index contributed by atoms with van der Waals surface area (Å²) in [6.07, 6.45) is 0.929. The van der Waals surface area contributed by atoms with Gasteiger partial charge in [0.1, 0.15) is 6.67 Å². The van der Waals surface area contributed by atoms with Crippen LogP contribution in [0.15, 0.2) is 0 Å². The zero-order valence-electron chi connectivity index (χ0n) is 6.61. The van der Waals surface area contributed by atoms with Gasteiger partial charge in [0.15, 0.2) is 0 Å². The second-order valence-electron chi connectivity index (χ2n) is 2.56. The fourth-order valence-corrected chi connectivity index (χ4v) is 0.752. The second-order valence-corrected chi connectivity index (χ2v) is 3.31. The first-order valence-corrected chi connectivity index (χ1v) is 3.99. The minimum atomic E-state index is -0.271. The van der Waals surface area contributed by atoms with Gasteiger partial charge in [-0.2, -0.15) is 0 Å². The van der Waals surface area contributed by atoms with Crippen molar-refractivity contribution in [1.29, 1.82) is 0 Å². The van der Waals surface area contributed by atoms with Crippen LogP contribution >= 0.6 is 11.6 Å². The number of halogens is 2. The van der Waals surface area contributed by atoms with Crippen molar-refractivity contribution in [2.45, 2.75) is 18.7 Å². The summed E-state index contributed by atoms with van der Waals surface area (Å²) in [5, 5.41) is 0.196. The van der Waals surface area contributed by atoms with E-state index >= 15 is 0 Å². The maximum atomic E-state index is 11.7. The number of nitrogens with zero attached hydrogens (tertiary/aromatic N) is 1. The fourth-order valence-electron chi connectivity index (χ4n) is 0.654. The van der Waals surface area contributed by atoms with Gasteiger partial charge in [-0.3, -0.25) is 0 Å². The minimum absolute atomic E-state index is 0.196. The molecule has 62 valence electrons. The molecule has 1 unspecified atom stereocenters. The molecule has 0 fully saturated rings. The van der Waals surface area contributed by atoms with Crippen molar-refractivity contribution in [1.82, 2.24) is 4.90 Å². The predicted molar refractivity (Wildman–Crippen MR) is 43.4 cm³/mol. The average molecular weight is 168 g/mol. The van der Waals surface area contributed by atoms with Crippen molar-refractivity contribution in [2.24, 2.45) is 0 Å². The van der Waals surface area contributed by atoms with E-state index in [2.05, 4.69) is 0 Å². The van der Waals surface area contributed by atoms with Crippen molar-refractivity contribution < 1.29 is 4.39 Å². The summed E-state index contributed by atoms with van der Waals surface area (Å²) in [6, 6.07) is 0. The van der Waals surface area contributed by atoms with E-state index in [4.69, 9.17) is 11.6 Å². The lowest BCUT2D eigenvalue weighted by atomic mass is 10.3. The lowest BCUT2D eigenvalue weighted by Crippen LogP contribution is -2.23. The first kappa shape index (κ1) is 10.2. The molecule has 0 aliphatic rings. The third-order valence-electron chi connectivity index (χ3n) is 1.37. The molecule has 0 aromatic carbocycles. The molecule has 0 radical (unpaired) electrons. The molecule has 0 aromatic heterocycles. The predicted octanol–water partition coefficient (Wildman–Crippen LogP) is 1.91. The van der Waals surface area contributed by atoms with Gasteiger partial charge < -0.3 is 4.90 Å². The van der Waals surface area contributed by atoms with Gasteiger partial charge in [-0.05, 0) is 26.9 Å². The molecule has 0 aliphatic heterocycles. The second kappa shape index (κ2) is 5.93. The van der Waals surface area contributed by atoms with E-state index < -0.39 is 0 Å². The zero-order chi connectivity index (χ0) is 7.98. The van der Waals surface area contributed by atoms with E-state index in [1.807, 2.05) is 18.9 Å². The highest BCUT2D eigenvalue weighted by Crippen LogP contribution is 2.00. The van der Waals surface area contributed by atoms with Crippen LogP contribution in [-0.2, 0) is 0 Å². The van der Waals surface area contributed by atoms with E-state index in [0.717, 1.165) is 13.0 Å². The third-order valence-corrected chi connectivity index (χ3v) is 1.59. The summed E-state index contributed by atoms with van der Waals surface area (Å²) in [4.78, 5) is 1.94. The Hall–Kier alpha value is 0.180. The fraction of sp³-hybridized carbons (Fsp3) is 1.00. The zero-order valence-corrected chi connectivity index (χ0v) is 7.36.